The molecule has 1 aromatic carbocycles. The quantitative estimate of drug-likeness (QED) is 0.757. The van der Waals surface area contributed by atoms with Crippen molar-refractivity contribution >= 4 is 29.3 Å². The predicted octanol–water partition coefficient (Wildman–Crippen LogP) is 4.27. The number of halogens is 1. The van der Waals surface area contributed by atoms with Crippen LogP contribution in [-0.2, 0) is 4.79 Å². The molecule has 1 aliphatic heterocycles. The molecule has 2 atom stereocenters. The van der Waals surface area contributed by atoms with Gasteiger partial charge in [0.05, 0.1) is 5.75 Å². The van der Waals surface area contributed by atoms with Gasteiger partial charge in [-0.3, -0.25) is 4.79 Å². The first-order chi connectivity index (χ1) is 11.5. The van der Waals surface area contributed by atoms with E-state index in [9.17, 15) is 4.79 Å². The summed E-state index contributed by atoms with van der Waals surface area (Å²) in [6, 6.07) is 7.84. The molecule has 7 heteroatoms. The Balaban J connectivity index is 1.62. The van der Waals surface area contributed by atoms with E-state index in [0.29, 0.717) is 34.0 Å². The lowest BCUT2D eigenvalue weighted by Gasteiger charge is -2.39. The third-order valence-corrected chi connectivity index (χ3v) is 5.32. The van der Waals surface area contributed by atoms with Gasteiger partial charge in [0.1, 0.15) is 0 Å². The van der Waals surface area contributed by atoms with Crippen LogP contribution in [0.5, 0.6) is 0 Å². The highest BCUT2D eigenvalue weighted by Gasteiger charge is 2.29. The molecule has 0 saturated carbocycles. The summed E-state index contributed by atoms with van der Waals surface area (Å²) in [5.41, 5.74) is 0.770. The van der Waals surface area contributed by atoms with Crippen LogP contribution in [-0.4, -0.2) is 38.8 Å². The fourth-order valence-electron chi connectivity index (χ4n) is 3.12. The van der Waals surface area contributed by atoms with Crippen molar-refractivity contribution in [1.82, 2.24) is 15.1 Å². The van der Waals surface area contributed by atoms with Crippen molar-refractivity contribution in [2.75, 3.05) is 5.75 Å². The maximum absolute atomic E-state index is 12.5. The maximum atomic E-state index is 12.5. The molecule has 0 unspecified atom stereocenters. The number of rotatable bonds is 4. The maximum Gasteiger partial charge on any atom is 0.277 e. The second-order valence-corrected chi connectivity index (χ2v) is 7.47. The van der Waals surface area contributed by atoms with E-state index in [-0.39, 0.29) is 5.91 Å². The monoisotopic (exact) mass is 365 g/mol. The molecule has 24 heavy (non-hydrogen) atoms. The van der Waals surface area contributed by atoms with Gasteiger partial charge < -0.3 is 9.32 Å². The summed E-state index contributed by atoms with van der Waals surface area (Å²) >= 11 is 7.25. The molecule has 3 rings (SSSR count). The molecule has 5 nitrogen and oxygen atoms in total. The Morgan fingerprint density at radius 3 is 2.79 bits per heavy atom. The first-order valence-electron chi connectivity index (χ1n) is 8.08. The standard InChI is InChI=1S/C17H20ClN3O2S/c1-11-5-3-6-12(2)21(11)15(22)10-24-17-20-19-16(23-17)13-7-4-8-14(18)9-13/h4,7-9,11-12H,3,5-6,10H2,1-2H3/t11-,12+. The number of piperidine rings is 1. The topological polar surface area (TPSA) is 59.2 Å². The number of hydrogen-bond acceptors (Lipinski definition) is 5. The molecule has 0 radical (unpaired) electrons. The molecule has 1 aromatic heterocycles. The lowest BCUT2D eigenvalue weighted by molar-refractivity contribution is -0.134. The van der Waals surface area contributed by atoms with Crippen molar-refractivity contribution in [1.29, 1.82) is 0 Å². The Kier molecular flexibility index (Phi) is 5.46. The highest BCUT2D eigenvalue weighted by atomic mass is 35.5. The molecule has 0 N–H and O–H groups in total. The van der Waals surface area contributed by atoms with Gasteiger partial charge in [-0.2, -0.15) is 0 Å². The van der Waals surface area contributed by atoms with Crippen LogP contribution in [0.15, 0.2) is 33.9 Å². The molecule has 0 bridgehead atoms. The zero-order chi connectivity index (χ0) is 17.1. The molecular weight excluding hydrogens is 346 g/mol. The third-order valence-electron chi connectivity index (χ3n) is 4.28. The highest BCUT2D eigenvalue weighted by Crippen LogP contribution is 2.27. The molecular formula is C17H20ClN3O2S. The van der Waals surface area contributed by atoms with Crippen LogP contribution in [0.2, 0.25) is 5.02 Å². The average molecular weight is 366 g/mol. The highest BCUT2D eigenvalue weighted by molar-refractivity contribution is 7.99. The van der Waals surface area contributed by atoms with Gasteiger partial charge in [0, 0.05) is 22.7 Å². The molecule has 128 valence electrons. The van der Waals surface area contributed by atoms with E-state index in [0.717, 1.165) is 18.4 Å². The van der Waals surface area contributed by atoms with Crippen molar-refractivity contribution < 1.29 is 9.21 Å². The normalized spacial score (nSPS) is 21.0. The van der Waals surface area contributed by atoms with Gasteiger partial charge >= 0.3 is 0 Å². The lowest BCUT2D eigenvalue weighted by Crippen LogP contribution is -2.48. The van der Waals surface area contributed by atoms with Gasteiger partial charge in [0.25, 0.3) is 5.22 Å². The van der Waals surface area contributed by atoms with Crippen molar-refractivity contribution in [3.8, 4) is 11.5 Å². The second kappa shape index (κ2) is 7.57. The third kappa shape index (κ3) is 3.92. The number of likely N-dealkylation sites (tertiary alicyclic amines) is 1. The number of nitrogens with zero attached hydrogens (tertiary/aromatic N) is 3. The van der Waals surface area contributed by atoms with E-state index in [1.54, 1.807) is 12.1 Å². The predicted molar refractivity (Wildman–Crippen MR) is 95.1 cm³/mol. The molecule has 1 aliphatic rings. The fourth-order valence-corrected chi connectivity index (χ4v) is 3.94. The Labute approximate surface area is 150 Å². The van der Waals surface area contributed by atoms with Crippen LogP contribution in [0, 0.1) is 0 Å². The molecule has 1 saturated heterocycles. The summed E-state index contributed by atoms with van der Waals surface area (Å²) in [7, 11) is 0. The van der Waals surface area contributed by atoms with Crippen molar-refractivity contribution in [2.45, 2.75) is 50.4 Å². The molecule has 2 heterocycles. The van der Waals surface area contributed by atoms with E-state index in [1.807, 2.05) is 17.0 Å². The number of carbonyl (C=O) groups is 1. The second-order valence-electron chi connectivity index (χ2n) is 6.10. The average Bonchev–Trinajstić information content (AvgIpc) is 3.02. The van der Waals surface area contributed by atoms with Gasteiger partial charge in [-0.25, -0.2) is 0 Å². The van der Waals surface area contributed by atoms with Crippen molar-refractivity contribution in [3.05, 3.63) is 29.3 Å². The minimum atomic E-state index is 0.127. The van der Waals surface area contributed by atoms with Crippen molar-refractivity contribution in [2.24, 2.45) is 0 Å². The number of thioether (sulfide) groups is 1. The van der Waals surface area contributed by atoms with Crippen LogP contribution in [0.1, 0.15) is 33.1 Å². The van der Waals surface area contributed by atoms with Gasteiger partial charge in [0.2, 0.25) is 11.8 Å². The van der Waals surface area contributed by atoms with Gasteiger partial charge in [0.15, 0.2) is 0 Å². The first kappa shape index (κ1) is 17.3. The number of carbonyl (C=O) groups excluding carboxylic acids is 1. The van der Waals surface area contributed by atoms with Crippen LogP contribution < -0.4 is 0 Å². The molecule has 1 fully saturated rings. The summed E-state index contributed by atoms with van der Waals surface area (Å²) < 4.78 is 5.63. The van der Waals surface area contributed by atoms with Crippen molar-refractivity contribution in [3.63, 3.8) is 0 Å². The lowest BCUT2D eigenvalue weighted by atomic mass is 9.98. The minimum absolute atomic E-state index is 0.127. The largest absolute Gasteiger partial charge is 0.411 e. The molecule has 0 aliphatic carbocycles. The van der Waals surface area contributed by atoms with E-state index in [1.165, 1.54) is 18.2 Å². The summed E-state index contributed by atoms with van der Waals surface area (Å²) in [5.74, 6) is 0.848. The van der Waals surface area contributed by atoms with E-state index in [2.05, 4.69) is 24.0 Å². The van der Waals surface area contributed by atoms with Gasteiger partial charge in [-0.15, -0.1) is 10.2 Å². The smallest absolute Gasteiger partial charge is 0.277 e. The van der Waals surface area contributed by atoms with Crippen LogP contribution >= 0.6 is 23.4 Å². The first-order valence-corrected chi connectivity index (χ1v) is 9.44. The molecule has 2 aromatic rings. The van der Waals surface area contributed by atoms with Gasteiger partial charge in [-0.05, 0) is 51.3 Å². The minimum Gasteiger partial charge on any atom is -0.411 e. The molecule has 0 spiro atoms. The SMILES string of the molecule is C[C@@H]1CCC[C@H](C)N1C(=O)CSc1nnc(-c2cccc(Cl)c2)o1. The number of benzene rings is 1. The fraction of sp³-hybridized carbons (Fsp3) is 0.471. The summed E-state index contributed by atoms with van der Waals surface area (Å²) in [6.07, 6.45) is 3.33. The number of amides is 1. The van der Waals surface area contributed by atoms with E-state index >= 15 is 0 Å². The number of aromatic nitrogens is 2. The Bertz CT molecular complexity index is 711. The van der Waals surface area contributed by atoms with Crippen LogP contribution in [0.4, 0.5) is 0 Å². The zero-order valence-electron chi connectivity index (χ0n) is 13.7. The Hall–Kier alpha value is -1.53. The van der Waals surface area contributed by atoms with E-state index < -0.39 is 0 Å². The molecule has 1 amide bonds. The summed E-state index contributed by atoms with van der Waals surface area (Å²) in [4.78, 5) is 14.5. The number of hydrogen-bond donors (Lipinski definition) is 0. The zero-order valence-corrected chi connectivity index (χ0v) is 15.3. The Morgan fingerprint density at radius 2 is 2.08 bits per heavy atom. The summed E-state index contributed by atoms with van der Waals surface area (Å²) in [6.45, 7) is 4.23. The summed E-state index contributed by atoms with van der Waals surface area (Å²) in [5, 5.41) is 9.05. The van der Waals surface area contributed by atoms with Crippen LogP contribution in [0.25, 0.3) is 11.5 Å². The van der Waals surface area contributed by atoms with Crippen LogP contribution in [0.3, 0.4) is 0 Å². The van der Waals surface area contributed by atoms with Gasteiger partial charge in [-0.1, -0.05) is 29.4 Å². The van der Waals surface area contributed by atoms with E-state index in [4.69, 9.17) is 16.0 Å². The Morgan fingerprint density at radius 1 is 1.33 bits per heavy atom.